The summed E-state index contributed by atoms with van der Waals surface area (Å²) in [7, 11) is 0. The molecule has 0 aromatic heterocycles. The maximum atomic E-state index is 13.3. The number of amides is 2. The van der Waals surface area contributed by atoms with Crippen molar-refractivity contribution in [1.82, 2.24) is 4.90 Å². The molecule has 3 rings (SSSR count). The van der Waals surface area contributed by atoms with Crippen LogP contribution in [0.5, 0.6) is 5.75 Å². The number of hydrogen-bond acceptors (Lipinski definition) is 7. The van der Waals surface area contributed by atoms with Crippen molar-refractivity contribution in [3.05, 3.63) is 45.5 Å². The SMILES string of the molecule is CC/C(=C\c1ccc(O)cc1Cl)CC[C@@H](O)C1=C(CO)C[C@H]2C(=O)N(CCCCCC(=O)O)C(=O)[C@H]2[C@H]1CO. The molecule has 39 heavy (non-hydrogen) atoms. The van der Waals surface area contributed by atoms with Gasteiger partial charge in [-0.05, 0) is 73.4 Å². The Labute approximate surface area is 233 Å². The Morgan fingerprint density at radius 3 is 2.51 bits per heavy atom. The van der Waals surface area contributed by atoms with Gasteiger partial charge in [0.2, 0.25) is 11.8 Å². The minimum absolute atomic E-state index is 0.0294. The number of carbonyl (C=O) groups excluding carboxylic acids is 2. The summed E-state index contributed by atoms with van der Waals surface area (Å²) in [5.74, 6) is -3.85. The molecule has 0 bridgehead atoms. The summed E-state index contributed by atoms with van der Waals surface area (Å²) in [5.41, 5.74) is 2.66. The molecule has 1 aliphatic carbocycles. The van der Waals surface area contributed by atoms with Crippen molar-refractivity contribution in [2.45, 2.75) is 64.4 Å². The van der Waals surface area contributed by atoms with E-state index in [4.69, 9.17) is 16.7 Å². The number of phenolic OH excluding ortho intramolecular Hbond substituents is 1. The molecule has 1 aromatic carbocycles. The highest BCUT2D eigenvalue weighted by Crippen LogP contribution is 2.46. The first-order chi connectivity index (χ1) is 18.6. The van der Waals surface area contributed by atoms with E-state index >= 15 is 0 Å². The van der Waals surface area contributed by atoms with E-state index in [9.17, 15) is 34.8 Å². The van der Waals surface area contributed by atoms with Gasteiger partial charge in [-0.15, -0.1) is 0 Å². The fraction of sp³-hybridized carbons (Fsp3) is 0.552. The molecule has 1 fully saturated rings. The highest BCUT2D eigenvalue weighted by Gasteiger charge is 2.54. The number of phenols is 1. The van der Waals surface area contributed by atoms with Crippen LogP contribution in [0.1, 0.15) is 63.9 Å². The number of carbonyl (C=O) groups is 3. The Kier molecular flexibility index (Phi) is 11.1. The quantitative estimate of drug-likeness (QED) is 0.131. The van der Waals surface area contributed by atoms with Crippen LogP contribution in [0, 0.1) is 17.8 Å². The van der Waals surface area contributed by atoms with Crippen LogP contribution in [-0.4, -0.2) is 74.1 Å². The number of halogens is 1. The lowest BCUT2D eigenvalue weighted by Crippen LogP contribution is -2.39. The van der Waals surface area contributed by atoms with Gasteiger partial charge in [-0.3, -0.25) is 19.3 Å². The van der Waals surface area contributed by atoms with E-state index in [2.05, 4.69) is 0 Å². The number of nitrogens with zero attached hydrogens (tertiary/aromatic N) is 1. The Morgan fingerprint density at radius 1 is 1.15 bits per heavy atom. The van der Waals surface area contributed by atoms with Crippen LogP contribution >= 0.6 is 11.6 Å². The molecule has 0 spiro atoms. The van der Waals surface area contributed by atoms with E-state index < -0.39 is 36.4 Å². The summed E-state index contributed by atoms with van der Waals surface area (Å²) in [6.45, 7) is 1.33. The van der Waals surface area contributed by atoms with E-state index in [1.807, 2.05) is 13.0 Å². The van der Waals surface area contributed by atoms with Crippen LogP contribution in [0.25, 0.3) is 6.08 Å². The zero-order chi connectivity index (χ0) is 28.7. The first kappa shape index (κ1) is 30.8. The summed E-state index contributed by atoms with van der Waals surface area (Å²) < 4.78 is 0. The number of aliphatic hydroxyl groups is 3. The fourth-order valence-corrected chi connectivity index (χ4v) is 6.02. The van der Waals surface area contributed by atoms with Crippen LogP contribution in [0.4, 0.5) is 0 Å². The molecule has 9 nitrogen and oxygen atoms in total. The second kappa shape index (κ2) is 14.1. The number of aliphatic carboxylic acids is 1. The predicted molar refractivity (Wildman–Crippen MR) is 146 cm³/mol. The molecule has 1 aromatic rings. The minimum Gasteiger partial charge on any atom is -0.508 e. The number of aliphatic hydroxyl groups excluding tert-OH is 3. The summed E-state index contributed by atoms with van der Waals surface area (Å²) in [4.78, 5) is 38.4. The van der Waals surface area contributed by atoms with Gasteiger partial charge >= 0.3 is 5.97 Å². The molecular formula is C29H38ClNO8. The van der Waals surface area contributed by atoms with Gasteiger partial charge < -0.3 is 25.5 Å². The number of unbranched alkanes of at least 4 members (excludes halogenated alkanes) is 2. The van der Waals surface area contributed by atoms with Gasteiger partial charge in [-0.1, -0.05) is 36.6 Å². The number of imide groups is 1. The normalized spacial score (nSPS) is 22.4. The lowest BCUT2D eigenvalue weighted by Gasteiger charge is -2.36. The van der Waals surface area contributed by atoms with Crippen molar-refractivity contribution < 1.29 is 39.9 Å². The van der Waals surface area contributed by atoms with Gasteiger partial charge in [-0.25, -0.2) is 0 Å². The molecule has 0 unspecified atom stereocenters. The average Bonchev–Trinajstić information content (AvgIpc) is 3.14. The molecule has 2 amide bonds. The lowest BCUT2D eigenvalue weighted by atomic mass is 9.68. The van der Waals surface area contributed by atoms with Gasteiger partial charge in [0.25, 0.3) is 0 Å². The Balaban J connectivity index is 1.74. The summed E-state index contributed by atoms with van der Waals surface area (Å²) in [5, 5.41) is 50.5. The van der Waals surface area contributed by atoms with Crippen LogP contribution in [0.15, 0.2) is 34.9 Å². The second-order valence-corrected chi connectivity index (χ2v) is 10.7. The van der Waals surface area contributed by atoms with Crippen molar-refractivity contribution in [3.63, 3.8) is 0 Å². The van der Waals surface area contributed by atoms with Crippen molar-refractivity contribution in [3.8, 4) is 5.75 Å². The smallest absolute Gasteiger partial charge is 0.303 e. The van der Waals surface area contributed by atoms with Gasteiger partial charge in [0.05, 0.1) is 36.2 Å². The van der Waals surface area contributed by atoms with Crippen LogP contribution < -0.4 is 0 Å². The number of rotatable bonds is 14. The number of allylic oxidation sites excluding steroid dienone is 1. The Bertz CT molecular complexity index is 1130. The standard InChI is InChI=1S/C29H38ClNO8/c1-2-17(12-18-8-9-20(34)14-23(18)30)7-10-24(35)26-19(15-32)13-21-27(22(26)16-33)29(39)31(28(21)38)11-5-3-4-6-25(36)37/h8-9,12,14,21-22,24,27,32-35H,2-7,10-11,13,15-16H2,1H3,(H,36,37)/b17-12+/t21-,22+,24-,27-/m1/s1. The number of benzene rings is 1. The summed E-state index contributed by atoms with van der Waals surface area (Å²) >= 11 is 6.24. The third-order valence-corrected chi connectivity index (χ3v) is 8.16. The monoisotopic (exact) mass is 563 g/mol. The van der Waals surface area contributed by atoms with E-state index in [0.29, 0.717) is 48.3 Å². The van der Waals surface area contributed by atoms with E-state index in [1.165, 1.54) is 11.0 Å². The van der Waals surface area contributed by atoms with Gasteiger partial charge in [0, 0.05) is 18.9 Å². The lowest BCUT2D eigenvalue weighted by molar-refractivity contribution is -0.141. The third-order valence-electron chi connectivity index (χ3n) is 7.83. The molecule has 0 radical (unpaired) electrons. The maximum absolute atomic E-state index is 13.3. The van der Waals surface area contributed by atoms with Crippen LogP contribution in [0.3, 0.4) is 0 Å². The number of fused-ring (bicyclic) bond motifs is 1. The molecule has 2 aliphatic rings. The van der Waals surface area contributed by atoms with Crippen molar-refractivity contribution in [2.75, 3.05) is 19.8 Å². The first-order valence-electron chi connectivity index (χ1n) is 13.5. The zero-order valence-corrected chi connectivity index (χ0v) is 22.9. The van der Waals surface area contributed by atoms with E-state index in [1.54, 1.807) is 12.1 Å². The van der Waals surface area contributed by atoms with Gasteiger partial charge in [0.15, 0.2) is 0 Å². The molecule has 1 aliphatic heterocycles. The van der Waals surface area contributed by atoms with Gasteiger partial charge in [0.1, 0.15) is 5.75 Å². The predicted octanol–water partition coefficient (Wildman–Crippen LogP) is 3.53. The highest BCUT2D eigenvalue weighted by atomic mass is 35.5. The second-order valence-electron chi connectivity index (χ2n) is 10.3. The molecule has 10 heteroatoms. The fourth-order valence-electron chi connectivity index (χ4n) is 5.80. The van der Waals surface area contributed by atoms with Crippen LogP contribution in [0.2, 0.25) is 5.02 Å². The molecular weight excluding hydrogens is 526 g/mol. The number of carboxylic acid groups (broad SMARTS) is 1. The number of hydrogen-bond donors (Lipinski definition) is 5. The maximum Gasteiger partial charge on any atom is 0.303 e. The molecule has 4 atom stereocenters. The molecule has 214 valence electrons. The average molecular weight is 564 g/mol. The largest absolute Gasteiger partial charge is 0.508 e. The number of carboxylic acids is 1. The molecule has 1 heterocycles. The number of likely N-dealkylation sites (tertiary alicyclic amines) is 1. The van der Waals surface area contributed by atoms with E-state index in [-0.39, 0.29) is 50.0 Å². The van der Waals surface area contributed by atoms with E-state index in [0.717, 1.165) is 11.1 Å². The summed E-state index contributed by atoms with van der Waals surface area (Å²) in [6.07, 6.45) is 4.04. The zero-order valence-electron chi connectivity index (χ0n) is 22.2. The topological polar surface area (TPSA) is 156 Å². The molecule has 0 saturated carbocycles. The highest BCUT2D eigenvalue weighted by molar-refractivity contribution is 6.32. The number of aromatic hydroxyl groups is 1. The molecule has 5 N–H and O–H groups in total. The summed E-state index contributed by atoms with van der Waals surface area (Å²) in [6, 6.07) is 4.71. The minimum atomic E-state index is -1.02. The Hall–Kier alpha value is -2.72. The Morgan fingerprint density at radius 2 is 1.90 bits per heavy atom. The van der Waals surface area contributed by atoms with Crippen LogP contribution in [-0.2, 0) is 14.4 Å². The van der Waals surface area contributed by atoms with Crippen molar-refractivity contribution >= 4 is 35.5 Å². The molecule has 1 saturated heterocycles. The van der Waals surface area contributed by atoms with Gasteiger partial charge in [-0.2, -0.15) is 0 Å². The van der Waals surface area contributed by atoms with Crippen molar-refractivity contribution in [2.24, 2.45) is 17.8 Å². The van der Waals surface area contributed by atoms with Crippen molar-refractivity contribution in [1.29, 1.82) is 0 Å². The third kappa shape index (κ3) is 7.28. The first-order valence-corrected chi connectivity index (χ1v) is 13.9.